The number of hydrogen-bond acceptors (Lipinski definition) is 2. The van der Waals surface area contributed by atoms with Gasteiger partial charge in [-0.3, -0.25) is 0 Å². The number of halogens is 1. The molecular formula is C21H22BrNO. The van der Waals surface area contributed by atoms with Crippen molar-refractivity contribution in [3.05, 3.63) is 75.9 Å². The predicted octanol–water partition coefficient (Wildman–Crippen LogP) is 6.22. The van der Waals surface area contributed by atoms with Crippen LogP contribution in [0.15, 0.2) is 63.6 Å². The molecule has 0 aliphatic carbocycles. The molecular weight excluding hydrogens is 362 g/mol. The molecule has 1 aromatic heterocycles. The quantitative estimate of drug-likeness (QED) is 0.504. The SMILES string of the molecule is Cc1noc(-c2ccc(Br)cc2)c1CC(C)CCc1ccccc1. The van der Waals surface area contributed by atoms with E-state index in [0.29, 0.717) is 5.92 Å². The summed E-state index contributed by atoms with van der Waals surface area (Å²) in [5.74, 6) is 1.49. The lowest BCUT2D eigenvalue weighted by Crippen LogP contribution is -2.03. The molecule has 0 fully saturated rings. The van der Waals surface area contributed by atoms with Gasteiger partial charge in [-0.2, -0.15) is 0 Å². The number of rotatable bonds is 6. The van der Waals surface area contributed by atoms with E-state index in [1.54, 1.807) is 0 Å². The largest absolute Gasteiger partial charge is 0.356 e. The summed E-state index contributed by atoms with van der Waals surface area (Å²) >= 11 is 3.48. The zero-order valence-electron chi connectivity index (χ0n) is 14.1. The maximum absolute atomic E-state index is 5.62. The molecule has 0 N–H and O–H groups in total. The van der Waals surface area contributed by atoms with E-state index in [1.165, 1.54) is 11.1 Å². The first-order chi connectivity index (χ1) is 11.6. The maximum atomic E-state index is 5.62. The van der Waals surface area contributed by atoms with E-state index in [9.17, 15) is 0 Å². The summed E-state index contributed by atoms with van der Waals surface area (Å²) in [5, 5.41) is 4.20. The molecule has 3 aromatic rings. The highest BCUT2D eigenvalue weighted by molar-refractivity contribution is 9.10. The van der Waals surface area contributed by atoms with Crippen LogP contribution >= 0.6 is 15.9 Å². The van der Waals surface area contributed by atoms with Gasteiger partial charge in [0.15, 0.2) is 5.76 Å². The number of aromatic nitrogens is 1. The van der Waals surface area contributed by atoms with Crippen LogP contribution in [-0.4, -0.2) is 5.16 Å². The smallest absolute Gasteiger partial charge is 0.170 e. The molecule has 3 heteroatoms. The first kappa shape index (κ1) is 17.0. The van der Waals surface area contributed by atoms with Gasteiger partial charge in [0.05, 0.1) is 5.69 Å². The number of nitrogens with zero attached hydrogens (tertiary/aromatic N) is 1. The molecule has 1 atom stereocenters. The molecule has 0 aliphatic rings. The van der Waals surface area contributed by atoms with Crippen molar-refractivity contribution in [2.75, 3.05) is 0 Å². The Morgan fingerprint density at radius 3 is 2.46 bits per heavy atom. The van der Waals surface area contributed by atoms with Crippen LogP contribution < -0.4 is 0 Å². The lowest BCUT2D eigenvalue weighted by atomic mass is 9.92. The van der Waals surface area contributed by atoms with Crippen molar-refractivity contribution in [3.8, 4) is 11.3 Å². The van der Waals surface area contributed by atoms with Crippen molar-refractivity contribution in [1.82, 2.24) is 5.16 Å². The van der Waals surface area contributed by atoms with Gasteiger partial charge in [-0.05, 0) is 49.8 Å². The first-order valence-corrected chi connectivity index (χ1v) is 9.18. The van der Waals surface area contributed by atoms with Gasteiger partial charge in [0.1, 0.15) is 0 Å². The summed E-state index contributed by atoms with van der Waals surface area (Å²) < 4.78 is 6.69. The summed E-state index contributed by atoms with van der Waals surface area (Å²) in [4.78, 5) is 0. The minimum absolute atomic E-state index is 0.581. The monoisotopic (exact) mass is 383 g/mol. The van der Waals surface area contributed by atoms with E-state index in [1.807, 2.05) is 19.1 Å². The van der Waals surface area contributed by atoms with Crippen LogP contribution in [0.3, 0.4) is 0 Å². The summed E-state index contributed by atoms with van der Waals surface area (Å²) in [6.07, 6.45) is 3.27. The van der Waals surface area contributed by atoms with Crippen molar-refractivity contribution >= 4 is 15.9 Å². The molecule has 0 aliphatic heterocycles. The van der Waals surface area contributed by atoms with Crippen molar-refractivity contribution in [2.45, 2.75) is 33.1 Å². The topological polar surface area (TPSA) is 26.0 Å². The summed E-state index contributed by atoms with van der Waals surface area (Å²) in [7, 11) is 0. The third-order valence-electron chi connectivity index (χ3n) is 4.41. The zero-order chi connectivity index (χ0) is 16.9. The van der Waals surface area contributed by atoms with Crippen LogP contribution in [-0.2, 0) is 12.8 Å². The van der Waals surface area contributed by atoms with Gasteiger partial charge in [0.25, 0.3) is 0 Å². The predicted molar refractivity (Wildman–Crippen MR) is 102 cm³/mol. The Kier molecular flexibility index (Phi) is 5.52. The normalized spacial score (nSPS) is 12.3. The Bertz CT molecular complexity index is 777. The lowest BCUT2D eigenvalue weighted by molar-refractivity contribution is 0.426. The zero-order valence-corrected chi connectivity index (χ0v) is 15.7. The van der Waals surface area contributed by atoms with Gasteiger partial charge in [0.2, 0.25) is 0 Å². The molecule has 1 heterocycles. The Balaban J connectivity index is 1.70. The lowest BCUT2D eigenvalue weighted by Gasteiger charge is -2.12. The second-order valence-corrected chi connectivity index (χ2v) is 7.33. The highest BCUT2D eigenvalue weighted by Gasteiger charge is 2.17. The standard InChI is InChI=1S/C21H22BrNO/c1-15(8-9-17-6-4-3-5-7-17)14-20-16(2)23-24-21(20)18-10-12-19(22)13-11-18/h3-7,10-13,15H,8-9,14H2,1-2H3. The fourth-order valence-electron chi connectivity index (χ4n) is 2.97. The minimum Gasteiger partial charge on any atom is -0.356 e. The van der Waals surface area contributed by atoms with Gasteiger partial charge in [-0.25, -0.2) is 0 Å². The van der Waals surface area contributed by atoms with E-state index in [2.05, 4.69) is 70.5 Å². The van der Waals surface area contributed by atoms with Crippen LogP contribution in [0.25, 0.3) is 11.3 Å². The van der Waals surface area contributed by atoms with Crippen molar-refractivity contribution in [2.24, 2.45) is 5.92 Å². The van der Waals surface area contributed by atoms with Crippen molar-refractivity contribution in [3.63, 3.8) is 0 Å². The first-order valence-electron chi connectivity index (χ1n) is 8.38. The highest BCUT2D eigenvalue weighted by Crippen LogP contribution is 2.30. The van der Waals surface area contributed by atoms with Crippen LogP contribution in [0.5, 0.6) is 0 Å². The van der Waals surface area contributed by atoms with Gasteiger partial charge in [-0.1, -0.05) is 70.5 Å². The average molecular weight is 384 g/mol. The van der Waals surface area contributed by atoms with E-state index >= 15 is 0 Å². The molecule has 0 amide bonds. The number of hydrogen-bond donors (Lipinski definition) is 0. The second-order valence-electron chi connectivity index (χ2n) is 6.42. The summed E-state index contributed by atoms with van der Waals surface area (Å²) in [6, 6.07) is 18.9. The Hall–Kier alpha value is -1.87. The van der Waals surface area contributed by atoms with Gasteiger partial charge >= 0.3 is 0 Å². The number of benzene rings is 2. The number of aryl methyl sites for hydroxylation is 2. The highest BCUT2D eigenvalue weighted by atomic mass is 79.9. The molecule has 2 aromatic carbocycles. The maximum Gasteiger partial charge on any atom is 0.170 e. The van der Waals surface area contributed by atoms with Crippen molar-refractivity contribution < 1.29 is 4.52 Å². The third kappa shape index (κ3) is 4.15. The van der Waals surface area contributed by atoms with Gasteiger partial charge in [0, 0.05) is 15.6 Å². The van der Waals surface area contributed by atoms with E-state index < -0.39 is 0 Å². The summed E-state index contributed by atoms with van der Waals surface area (Å²) in [5.41, 5.74) is 4.72. The van der Waals surface area contributed by atoms with Gasteiger partial charge in [-0.15, -0.1) is 0 Å². The van der Waals surface area contributed by atoms with Gasteiger partial charge < -0.3 is 4.52 Å². The minimum atomic E-state index is 0.581. The molecule has 2 nitrogen and oxygen atoms in total. The van der Waals surface area contributed by atoms with Crippen LogP contribution in [0, 0.1) is 12.8 Å². The Labute approximate surface area is 152 Å². The van der Waals surface area contributed by atoms with Crippen LogP contribution in [0.4, 0.5) is 0 Å². The molecule has 0 saturated carbocycles. The molecule has 24 heavy (non-hydrogen) atoms. The third-order valence-corrected chi connectivity index (χ3v) is 4.94. The van der Waals surface area contributed by atoms with E-state index in [0.717, 1.165) is 40.8 Å². The fourth-order valence-corrected chi connectivity index (χ4v) is 3.23. The molecule has 124 valence electrons. The van der Waals surface area contributed by atoms with Crippen molar-refractivity contribution in [1.29, 1.82) is 0 Å². The molecule has 0 saturated heterocycles. The fraction of sp³-hybridized carbons (Fsp3) is 0.286. The molecule has 0 spiro atoms. The van der Waals surface area contributed by atoms with Crippen LogP contribution in [0.1, 0.15) is 30.2 Å². The molecule has 0 bridgehead atoms. The molecule has 0 radical (unpaired) electrons. The average Bonchev–Trinajstić information content (AvgIpc) is 2.95. The Morgan fingerprint density at radius 1 is 1.04 bits per heavy atom. The van der Waals surface area contributed by atoms with E-state index in [-0.39, 0.29) is 0 Å². The molecule has 3 rings (SSSR count). The van der Waals surface area contributed by atoms with E-state index in [4.69, 9.17) is 4.52 Å². The summed E-state index contributed by atoms with van der Waals surface area (Å²) in [6.45, 7) is 4.34. The van der Waals surface area contributed by atoms with Crippen LogP contribution in [0.2, 0.25) is 0 Å². The Morgan fingerprint density at radius 2 is 1.75 bits per heavy atom. The molecule has 1 unspecified atom stereocenters. The second kappa shape index (κ2) is 7.80.